The quantitative estimate of drug-likeness (QED) is 0.256. The van der Waals surface area contributed by atoms with Gasteiger partial charge in [-0.25, -0.2) is 4.79 Å². The molecule has 1 saturated heterocycles. The Bertz CT molecular complexity index is 803. The van der Waals surface area contributed by atoms with Crippen LogP contribution in [0.25, 0.3) is 11.1 Å². The van der Waals surface area contributed by atoms with E-state index >= 15 is 0 Å². The third-order valence-electron chi connectivity index (χ3n) is 3.79. The minimum Gasteiger partial charge on any atom is -0.462 e. The van der Waals surface area contributed by atoms with Gasteiger partial charge in [0.2, 0.25) is 6.29 Å². The average molecular weight is 336 g/mol. The third kappa shape index (κ3) is 4.17. The molecule has 0 bridgehead atoms. The Balaban J connectivity index is 1.63. The lowest BCUT2D eigenvalue weighted by Gasteiger charge is -2.07. The smallest absolute Gasteiger partial charge is 0.338 e. The van der Waals surface area contributed by atoms with E-state index in [1.165, 1.54) is 0 Å². The fourth-order valence-electron chi connectivity index (χ4n) is 2.31. The Morgan fingerprint density at radius 1 is 0.920 bits per heavy atom. The number of ether oxygens (including phenoxy) is 3. The molecule has 1 aliphatic heterocycles. The average Bonchev–Trinajstić information content (AvgIpc) is 3.36. The van der Waals surface area contributed by atoms with Crippen LogP contribution in [0.4, 0.5) is 0 Å². The van der Waals surface area contributed by atoms with Crippen molar-refractivity contribution in [3.63, 3.8) is 0 Å². The molecule has 4 nitrogen and oxygen atoms in total. The van der Waals surface area contributed by atoms with Crippen molar-refractivity contribution in [1.29, 1.82) is 0 Å². The van der Waals surface area contributed by atoms with Crippen LogP contribution in [0.15, 0.2) is 72.8 Å². The number of rotatable bonds is 6. The van der Waals surface area contributed by atoms with Crippen molar-refractivity contribution in [3.8, 4) is 22.6 Å². The summed E-state index contributed by atoms with van der Waals surface area (Å²) in [6, 6.07) is 15.1. The number of benzene rings is 2. The van der Waals surface area contributed by atoms with Crippen LogP contribution in [0.3, 0.4) is 0 Å². The van der Waals surface area contributed by atoms with Crippen molar-refractivity contribution in [3.05, 3.63) is 72.8 Å². The summed E-state index contributed by atoms with van der Waals surface area (Å²) in [5.41, 5.74) is 3.39. The van der Waals surface area contributed by atoms with Crippen LogP contribution < -0.4 is 9.47 Å². The maximum atomic E-state index is 11.5. The van der Waals surface area contributed by atoms with Crippen LogP contribution in [0.2, 0.25) is 0 Å². The van der Waals surface area contributed by atoms with Gasteiger partial charge in [0.05, 0.1) is 0 Å². The van der Waals surface area contributed by atoms with Crippen LogP contribution in [0.1, 0.15) is 13.8 Å². The van der Waals surface area contributed by atoms with Gasteiger partial charge in [0.1, 0.15) is 17.6 Å². The van der Waals surface area contributed by atoms with E-state index in [0.717, 1.165) is 22.4 Å². The van der Waals surface area contributed by atoms with Gasteiger partial charge in [-0.3, -0.25) is 0 Å². The number of epoxide rings is 1. The highest BCUT2D eigenvalue weighted by molar-refractivity contribution is 5.88. The fraction of sp³-hybridized carbons (Fsp3) is 0.190. The number of esters is 1. The molecule has 1 aliphatic rings. The van der Waals surface area contributed by atoms with Gasteiger partial charge in [-0.05, 0) is 54.8 Å². The maximum Gasteiger partial charge on any atom is 0.338 e. The molecule has 0 N–H and O–H groups in total. The first kappa shape index (κ1) is 17.0. The van der Waals surface area contributed by atoms with E-state index in [1.807, 2.05) is 43.3 Å². The number of hydrogen-bond donors (Lipinski definition) is 0. The van der Waals surface area contributed by atoms with E-state index in [9.17, 15) is 4.79 Å². The monoisotopic (exact) mass is 336 g/mol. The van der Waals surface area contributed by atoms with E-state index in [1.54, 1.807) is 19.1 Å². The Kier molecular flexibility index (Phi) is 4.72. The van der Waals surface area contributed by atoms with Gasteiger partial charge in [0.15, 0.2) is 0 Å². The zero-order chi connectivity index (χ0) is 18.0. The van der Waals surface area contributed by atoms with Crippen molar-refractivity contribution < 1.29 is 19.0 Å². The Labute approximate surface area is 147 Å². The normalized spacial score (nSPS) is 18.3. The Hall–Kier alpha value is -2.85. The van der Waals surface area contributed by atoms with Gasteiger partial charge < -0.3 is 14.2 Å². The molecule has 1 heterocycles. The van der Waals surface area contributed by atoms with Gasteiger partial charge in [0.25, 0.3) is 0 Å². The molecule has 25 heavy (non-hydrogen) atoms. The molecule has 2 aromatic rings. The maximum absolute atomic E-state index is 11.5. The summed E-state index contributed by atoms with van der Waals surface area (Å²) in [6.45, 7) is 11.0. The fourth-order valence-corrected chi connectivity index (χ4v) is 2.31. The highest BCUT2D eigenvalue weighted by Gasteiger charge is 2.41. The topological polar surface area (TPSA) is 48.1 Å². The van der Waals surface area contributed by atoms with Crippen molar-refractivity contribution in [2.45, 2.75) is 26.2 Å². The first-order valence-electron chi connectivity index (χ1n) is 8.00. The molecule has 0 spiro atoms. The molecule has 2 aromatic carbocycles. The van der Waals surface area contributed by atoms with Crippen molar-refractivity contribution >= 4 is 5.97 Å². The number of carbonyl (C=O) groups excluding carboxylic acids is 1. The summed E-state index contributed by atoms with van der Waals surface area (Å²) >= 11 is 0. The largest absolute Gasteiger partial charge is 0.462 e. The second kappa shape index (κ2) is 6.95. The zero-order valence-electron chi connectivity index (χ0n) is 14.3. The minimum atomic E-state index is -0.426. The highest BCUT2D eigenvalue weighted by Crippen LogP contribution is 2.32. The number of carbonyl (C=O) groups is 1. The zero-order valence-corrected chi connectivity index (χ0v) is 14.3. The van der Waals surface area contributed by atoms with Crippen molar-refractivity contribution in [2.75, 3.05) is 0 Å². The van der Waals surface area contributed by atoms with Gasteiger partial charge in [-0.1, -0.05) is 37.4 Å². The summed E-state index contributed by atoms with van der Waals surface area (Å²) < 4.78 is 16.3. The lowest BCUT2D eigenvalue weighted by Crippen LogP contribution is -2.07. The Morgan fingerprint density at radius 3 is 1.88 bits per heavy atom. The van der Waals surface area contributed by atoms with Gasteiger partial charge >= 0.3 is 5.97 Å². The molecule has 1 fully saturated rings. The molecule has 2 atom stereocenters. The minimum absolute atomic E-state index is 0.00543. The molecule has 0 saturated carbocycles. The first-order chi connectivity index (χ1) is 11.9. The summed E-state index contributed by atoms with van der Waals surface area (Å²) in [4.78, 5) is 11.5. The number of hydrogen-bond acceptors (Lipinski definition) is 4. The van der Waals surface area contributed by atoms with Crippen LogP contribution in [-0.4, -0.2) is 18.4 Å². The van der Waals surface area contributed by atoms with Gasteiger partial charge in [-0.15, -0.1) is 0 Å². The van der Waals surface area contributed by atoms with Crippen LogP contribution in [0.5, 0.6) is 11.5 Å². The van der Waals surface area contributed by atoms with Crippen LogP contribution >= 0.6 is 0 Å². The molecule has 3 rings (SSSR count). The third-order valence-corrected chi connectivity index (χ3v) is 3.79. The van der Waals surface area contributed by atoms with Crippen molar-refractivity contribution in [1.82, 2.24) is 0 Å². The van der Waals surface area contributed by atoms with Crippen LogP contribution in [-0.2, 0) is 9.53 Å². The molecule has 0 aliphatic carbocycles. The second-order valence-corrected chi connectivity index (χ2v) is 6.11. The SMILES string of the molecule is C=C(C)C(=O)Oc1ccc(-c2ccc(OC3OC3C(=C)C)cc2)cc1. The van der Waals surface area contributed by atoms with E-state index in [0.29, 0.717) is 11.3 Å². The second-order valence-electron chi connectivity index (χ2n) is 6.11. The predicted molar refractivity (Wildman–Crippen MR) is 96.4 cm³/mol. The van der Waals surface area contributed by atoms with E-state index in [4.69, 9.17) is 14.2 Å². The van der Waals surface area contributed by atoms with Crippen molar-refractivity contribution in [2.24, 2.45) is 0 Å². The van der Waals surface area contributed by atoms with Gasteiger partial charge in [-0.2, -0.15) is 0 Å². The standard InChI is InChI=1S/C21H20O4/c1-13(2)19-21(25-19)24-18-11-7-16(8-12-18)15-5-9-17(10-6-15)23-20(22)14(3)4/h5-12,19,21H,1,3H2,2,4H3. The molecular weight excluding hydrogens is 316 g/mol. The van der Waals surface area contributed by atoms with E-state index in [-0.39, 0.29) is 12.4 Å². The molecule has 4 heteroatoms. The van der Waals surface area contributed by atoms with Gasteiger partial charge in [0, 0.05) is 5.57 Å². The highest BCUT2D eigenvalue weighted by atomic mass is 16.8. The van der Waals surface area contributed by atoms with E-state index < -0.39 is 5.97 Å². The Morgan fingerprint density at radius 2 is 1.44 bits per heavy atom. The molecule has 2 unspecified atom stereocenters. The summed E-state index contributed by atoms with van der Waals surface area (Å²) in [6.07, 6.45) is -0.236. The predicted octanol–water partition coefficient (Wildman–Crippen LogP) is 4.51. The molecule has 128 valence electrons. The lowest BCUT2D eigenvalue weighted by molar-refractivity contribution is -0.130. The summed E-state index contributed by atoms with van der Waals surface area (Å²) in [5, 5.41) is 0. The molecule has 0 amide bonds. The summed E-state index contributed by atoms with van der Waals surface area (Å²) in [5.74, 6) is 0.822. The molecular formula is C21H20O4. The first-order valence-corrected chi connectivity index (χ1v) is 8.00. The summed E-state index contributed by atoms with van der Waals surface area (Å²) in [7, 11) is 0. The van der Waals surface area contributed by atoms with Crippen LogP contribution in [0, 0.1) is 0 Å². The lowest BCUT2D eigenvalue weighted by atomic mass is 10.1. The molecule has 0 radical (unpaired) electrons. The molecule has 0 aromatic heterocycles. The van der Waals surface area contributed by atoms with E-state index in [2.05, 4.69) is 13.2 Å².